The third-order valence-electron chi connectivity index (χ3n) is 5.44. The summed E-state index contributed by atoms with van der Waals surface area (Å²) < 4.78 is 11.8. The van der Waals surface area contributed by atoms with Gasteiger partial charge in [-0.05, 0) is 37.1 Å². The monoisotopic (exact) mass is 405 g/mol. The van der Waals surface area contributed by atoms with E-state index in [2.05, 4.69) is 19.2 Å². The van der Waals surface area contributed by atoms with E-state index in [1.165, 1.54) is 44.9 Å². The molecule has 1 heterocycles. The topological polar surface area (TPSA) is 77.8 Å². The molecular formula is C23H39N3O3. The number of ether oxygens (including phenoxy) is 2. The van der Waals surface area contributed by atoms with Gasteiger partial charge in [-0.15, -0.1) is 0 Å². The Morgan fingerprint density at radius 1 is 0.966 bits per heavy atom. The fourth-order valence-corrected chi connectivity index (χ4v) is 3.63. The lowest BCUT2D eigenvalue weighted by atomic mass is 10.1. The molecule has 2 rings (SSSR count). The molecule has 1 atom stereocenters. The maximum atomic E-state index is 9.38. The Balaban J connectivity index is 1.76. The summed E-state index contributed by atoms with van der Waals surface area (Å²) in [4.78, 5) is 1.97. The minimum Gasteiger partial charge on any atom is -0.508 e. The molecule has 1 aliphatic heterocycles. The summed E-state index contributed by atoms with van der Waals surface area (Å²) in [6.45, 7) is 5.48. The number of anilines is 1. The summed E-state index contributed by atoms with van der Waals surface area (Å²) in [7, 11) is 0. The standard InChI is InChI=1S/C23H39N3O3/c1-3-5-7-8-9-10-11-12-18-26-22(24)29-23(26,17-6-4-2)28-19-25-20-13-15-21(27)16-14-20/h13-16,24-25,27H,3-12,17-19H2,1-2H3. The molecule has 6 nitrogen and oxygen atoms in total. The normalized spacial score (nSPS) is 18.4. The van der Waals surface area contributed by atoms with Gasteiger partial charge in [-0.1, -0.05) is 65.2 Å². The lowest BCUT2D eigenvalue weighted by Crippen LogP contribution is -2.67. The van der Waals surface area contributed by atoms with E-state index in [1.807, 2.05) is 4.90 Å². The average molecular weight is 406 g/mol. The van der Waals surface area contributed by atoms with Crippen molar-refractivity contribution in [2.45, 2.75) is 90.4 Å². The van der Waals surface area contributed by atoms with Crippen LogP contribution in [-0.2, 0) is 9.47 Å². The van der Waals surface area contributed by atoms with Crippen molar-refractivity contribution < 1.29 is 14.6 Å². The highest BCUT2D eigenvalue weighted by atomic mass is 16.8. The minimum atomic E-state index is -0.821. The Labute approximate surface area is 176 Å². The predicted octanol–water partition coefficient (Wildman–Crippen LogP) is 6.03. The van der Waals surface area contributed by atoms with Gasteiger partial charge in [0.25, 0.3) is 6.02 Å². The van der Waals surface area contributed by atoms with Crippen LogP contribution in [0.15, 0.2) is 24.3 Å². The molecule has 0 bridgehead atoms. The zero-order valence-corrected chi connectivity index (χ0v) is 18.2. The number of phenolic OH excluding ortho intramolecular Hbond substituents is 1. The van der Waals surface area contributed by atoms with Crippen LogP contribution in [0.5, 0.6) is 5.75 Å². The van der Waals surface area contributed by atoms with Crippen LogP contribution in [0.25, 0.3) is 0 Å². The Kier molecular flexibility index (Phi) is 10.1. The molecule has 164 valence electrons. The van der Waals surface area contributed by atoms with Crippen molar-refractivity contribution in [3.63, 3.8) is 0 Å². The number of nitrogens with zero attached hydrogens (tertiary/aromatic N) is 1. The van der Waals surface area contributed by atoms with Crippen molar-refractivity contribution in [1.29, 1.82) is 5.41 Å². The van der Waals surface area contributed by atoms with Crippen molar-refractivity contribution in [1.82, 2.24) is 4.90 Å². The molecule has 1 saturated heterocycles. The van der Waals surface area contributed by atoms with Gasteiger partial charge in [-0.2, -0.15) is 0 Å². The first-order chi connectivity index (χ1) is 14.1. The summed E-state index contributed by atoms with van der Waals surface area (Å²) in [5.41, 5.74) is 0.873. The van der Waals surface area contributed by atoms with Crippen LogP contribution in [0.2, 0.25) is 0 Å². The molecule has 29 heavy (non-hydrogen) atoms. The third kappa shape index (κ3) is 7.42. The Morgan fingerprint density at radius 2 is 1.59 bits per heavy atom. The van der Waals surface area contributed by atoms with Crippen LogP contribution in [0.3, 0.4) is 0 Å². The van der Waals surface area contributed by atoms with E-state index in [-0.39, 0.29) is 18.5 Å². The summed E-state index contributed by atoms with van der Waals surface area (Å²) in [5.74, 6) is -0.582. The SMILES string of the molecule is CCCCCCCCCCN1C(=N)OC1(CCCC)OCNc1ccc(O)cc1. The van der Waals surface area contributed by atoms with Crippen molar-refractivity contribution in [2.75, 3.05) is 18.6 Å². The van der Waals surface area contributed by atoms with E-state index in [0.29, 0.717) is 0 Å². The lowest BCUT2D eigenvalue weighted by molar-refractivity contribution is -0.324. The molecule has 1 fully saturated rings. The average Bonchev–Trinajstić information content (AvgIpc) is 2.72. The fraction of sp³-hybridized carbons (Fsp3) is 0.696. The van der Waals surface area contributed by atoms with E-state index in [0.717, 1.165) is 37.9 Å². The summed E-state index contributed by atoms with van der Waals surface area (Å²) in [6, 6.07) is 7.10. The van der Waals surface area contributed by atoms with Crippen molar-refractivity contribution >= 4 is 11.7 Å². The van der Waals surface area contributed by atoms with Crippen LogP contribution in [0, 0.1) is 5.41 Å². The summed E-state index contributed by atoms with van der Waals surface area (Å²) in [5, 5.41) is 20.7. The number of benzene rings is 1. The zero-order valence-electron chi connectivity index (χ0n) is 18.2. The number of aromatic hydroxyl groups is 1. The summed E-state index contributed by atoms with van der Waals surface area (Å²) >= 11 is 0. The number of hydrogen-bond acceptors (Lipinski definition) is 5. The number of phenols is 1. The van der Waals surface area contributed by atoms with Crippen molar-refractivity contribution in [3.8, 4) is 5.75 Å². The zero-order chi connectivity index (χ0) is 21.0. The van der Waals surface area contributed by atoms with Gasteiger partial charge in [0, 0.05) is 18.7 Å². The van der Waals surface area contributed by atoms with Gasteiger partial charge in [0.05, 0.1) is 0 Å². The Hall–Kier alpha value is -1.95. The van der Waals surface area contributed by atoms with Gasteiger partial charge in [0.1, 0.15) is 12.5 Å². The number of unbranched alkanes of at least 4 members (excludes halogenated alkanes) is 8. The van der Waals surface area contributed by atoms with Crippen LogP contribution in [0.1, 0.15) is 84.5 Å². The number of hydrogen-bond donors (Lipinski definition) is 3. The highest BCUT2D eigenvalue weighted by Gasteiger charge is 2.52. The van der Waals surface area contributed by atoms with Gasteiger partial charge in [-0.3, -0.25) is 10.3 Å². The molecule has 0 amide bonds. The second kappa shape index (κ2) is 12.6. The van der Waals surface area contributed by atoms with Crippen LogP contribution < -0.4 is 5.32 Å². The molecule has 0 spiro atoms. The summed E-state index contributed by atoms with van der Waals surface area (Å²) in [6.07, 6.45) is 12.9. The quantitative estimate of drug-likeness (QED) is 0.178. The second-order valence-electron chi connectivity index (χ2n) is 7.86. The van der Waals surface area contributed by atoms with E-state index in [9.17, 15) is 5.11 Å². The molecule has 3 N–H and O–H groups in total. The van der Waals surface area contributed by atoms with Gasteiger partial charge < -0.3 is 19.9 Å². The molecule has 6 heteroatoms. The van der Waals surface area contributed by atoms with Crippen LogP contribution in [0.4, 0.5) is 5.69 Å². The van der Waals surface area contributed by atoms with E-state index >= 15 is 0 Å². The van der Waals surface area contributed by atoms with Crippen LogP contribution >= 0.6 is 0 Å². The maximum absolute atomic E-state index is 9.38. The minimum absolute atomic E-state index is 0.216. The molecular weight excluding hydrogens is 366 g/mol. The van der Waals surface area contributed by atoms with Gasteiger partial charge in [0.15, 0.2) is 0 Å². The van der Waals surface area contributed by atoms with E-state index in [4.69, 9.17) is 14.9 Å². The van der Waals surface area contributed by atoms with Gasteiger partial charge >= 0.3 is 5.91 Å². The smallest absolute Gasteiger partial charge is 0.302 e. The molecule has 0 saturated carbocycles. The van der Waals surface area contributed by atoms with Crippen molar-refractivity contribution in [2.24, 2.45) is 0 Å². The predicted molar refractivity (Wildman–Crippen MR) is 118 cm³/mol. The number of rotatable bonds is 16. The second-order valence-corrected chi connectivity index (χ2v) is 7.86. The highest BCUT2D eigenvalue weighted by Crippen LogP contribution is 2.35. The van der Waals surface area contributed by atoms with Crippen molar-refractivity contribution in [3.05, 3.63) is 24.3 Å². The first-order valence-electron chi connectivity index (χ1n) is 11.3. The third-order valence-corrected chi connectivity index (χ3v) is 5.44. The number of nitrogens with one attached hydrogen (secondary N) is 2. The Morgan fingerprint density at radius 3 is 2.21 bits per heavy atom. The van der Waals surface area contributed by atoms with E-state index in [1.54, 1.807) is 24.3 Å². The molecule has 1 aromatic rings. The molecule has 0 radical (unpaired) electrons. The van der Waals surface area contributed by atoms with Crippen LogP contribution in [-0.4, -0.2) is 35.2 Å². The molecule has 0 aromatic heterocycles. The highest BCUT2D eigenvalue weighted by molar-refractivity contribution is 5.76. The van der Waals surface area contributed by atoms with E-state index < -0.39 is 5.91 Å². The van der Waals surface area contributed by atoms with Gasteiger partial charge in [-0.25, -0.2) is 0 Å². The number of amidine groups is 1. The van der Waals surface area contributed by atoms with Gasteiger partial charge in [0.2, 0.25) is 0 Å². The molecule has 1 unspecified atom stereocenters. The molecule has 1 aromatic carbocycles. The largest absolute Gasteiger partial charge is 0.508 e. The lowest BCUT2D eigenvalue weighted by Gasteiger charge is -2.51. The Bertz CT molecular complexity index is 594. The molecule has 1 aliphatic rings. The fourth-order valence-electron chi connectivity index (χ4n) is 3.63. The molecule has 0 aliphatic carbocycles. The maximum Gasteiger partial charge on any atom is 0.302 e. The first-order valence-corrected chi connectivity index (χ1v) is 11.3. The first kappa shape index (κ1) is 23.3.